The number of rotatable bonds is 4. The van der Waals surface area contributed by atoms with Crippen molar-refractivity contribution in [3.63, 3.8) is 0 Å². The van der Waals surface area contributed by atoms with Crippen molar-refractivity contribution in [2.24, 2.45) is 0 Å². The van der Waals surface area contributed by atoms with Crippen molar-refractivity contribution in [2.75, 3.05) is 13.2 Å². The van der Waals surface area contributed by atoms with E-state index in [2.05, 4.69) is 4.98 Å². The van der Waals surface area contributed by atoms with E-state index >= 15 is 0 Å². The normalized spacial score (nSPS) is 19.2. The van der Waals surface area contributed by atoms with Gasteiger partial charge in [0.25, 0.3) is 5.91 Å². The number of aromatic nitrogens is 1. The van der Waals surface area contributed by atoms with Gasteiger partial charge in [-0.25, -0.2) is 4.98 Å². The van der Waals surface area contributed by atoms with Gasteiger partial charge in [0.1, 0.15) is 5.69 Å². The van der Waals surface area contributed by atoms with Crippen molar-refractivity contribution in [3.05, 3.63) is 29.6 Å². The van der Waals surface area contributed by atoms with Gasteiger partial charge in [-0.3, -0.25) is 4.79 Å². The Morgan fingerprint density at radius 3 is 3.11 bits per heavy atom. The number of amides is 1. The molecular formula is C14H20N2O2. The highest BCUT2D eigenvalue weighted by atomic mass is 16.3. The fourth-order valence-electron chi connectivity index (χ4n) is 2.54. The highest BCUT2D eigenvalue weighted by Gasteiger charge is 2.29. The lowest BCUT2D eigenvalue weighted by atomic mass is 10.1. The molecule has 1 aromatic rings. The molecule has 1 saturated heterocycles. The van der Waals surface area contributed by atoms with Crippen LogP contribution in [0.3, 0.4) is 0 Å². The van der Waals surface area contributed by atoms with Crippen molar-refractivity contribution in [1.82, 2.24) is 9.88 Å². The van der Waals surface area contributed by atoms with Crippen LogP contribution in [0.1, 0.15) is 41.9 Å². The minimum Gasteiger partial charge on any atom is -0.396 e. The molecule has 1 aromatic heterocycles. The molecule has 0 radical (unpaired) electrons. The Kier molecular flexibility index (Phi) is 4.31. The molecule has 98 valence electrons. The van der Waals surface area contributed by atoms with Crippen LogP contribution in [-0.4, -0.2) is 40.1 Å². The largest absolute Gasteiger partial charge is 0.396 e. The highest BCUT2D eigenvalue weighted by molar-refractivity contribution is 5.92. The Morgan fingerprint density at radius 2 is 2.39 bits per heavy atom. The smallest absolute Gasteiger partial charge is 0.272 e. The molecule has 1 aliphatic heterocycles. The van der Waals surface area contributed by atoms with Crippen LogP contribution in [0.25, 0.3) is 0 Å². The summed E-state index contributed by atoms with van der Waals surface area (Å²) in [5.41, 5.74) is 1.40. The molecule has 1 N–H and O–H groups in total. The molecule has 0 aromatic carbocycles. The minimum absolute atomic E-state index is 0.0270. The molecule has 1 atom stereocenters. The van der Waals surface area contributed by atoms with Crippen molar-refractivity contribution < 1.29 is 9.90 Å². The zero-order valence-corrected chi connectivity index (χ0v) is 10.8. The van der Waals surface area contributed by atoms with Crippen molar-refractivity contribution in [1.29, 1.82) is 0 Å². The summed E-state index contributed by atoms with van der Waals surface area (Å²) in [5.74, 6) is 0.0270. The zero-order chi connectivity index (χ0) is 13.0. The summed E-state index contributed by atoms with van der Waals surface area (Å²) in [5, 5.41) is 8.89. The molecule has 4 heteroatoms. The van der Waals surface area contributed by atoms with Gasteiger partial charge >= 0.3 is 0 Å². The molecule has 1 amide bonds. The lowest BCUT2D eigenvalue weighted by molar-refractivity contribution is 0.0718. The third-order valence-corrected chi connectivity index (χ3v) is 3.44. The quantitative estimate of drug-likeness (QED) is 0.883. The number of pyridine rings is 1. The molecule has 0 aliphatic carbocycles. The first-order valence-corrected chi connectivity index (χ1v) is 6.58. The third-order valence-electron chi connectivity index (χ3n) is 3.44. The molecule has 1 aliphatic rings. The Labute approximate surface area is 108 Å². The maximum atomic E-state index is 12.4. The average molecular weight is 248 g/mol. The van der Waals surface area contributed by atoms with Gasteiger partial charge in [0.2, 0.25) is 0 Å². The van der Waals surface area contributed by atoms with E-state index in [0.717, 1.165) is 37.9 Å². The summed E-state index contributed by atoms with van der Waals surface area (Å²) >= 11 is 0. The first-order valence-electron chi connectivity index (χ1n) is 6.58. The van der Waals surface area contributed by atoms with Gasteiger partial charge in [0.15, 0.2) is 0 Å². The van der Waals surface area contributed by atoms with E-state index in [1.807, 2.05) is 24.0 Å². The number of carbonyl (C=O) groups excluding carboxylic acids is 1. The molecular weight excluding hydrogens is 228 g/mol. The summed E-state index contributed by atoms with van der Waals surface area (Å²) in [6.45, 7) is 2.90. The molecule has 4 nitrogen and oxygen atoms in total. The fourth-order valence-corrected chi connectivity index (χ4v) is 2.54. The predicted octanol–water partition coefficient (Wildman–Crippen LogP) is 1.77. The van der Waals surface area contributed by atoms with Gasteiger partial charge in [-0.15, -0.1) is 0 Å². The van der Waals surface area contributed by atoms with Gasteiger partial charge in [0.05, 0.1) is 0 Å². The first-order chi connectivity index (χ1) is 8.72. The number of hydrogen-bond donors (Lipinski definition) is 1. The monoisotopic (exact) mass is 248 g/mol. The number of aliphatic hydroxyl groups is 1. The van der Waals surface area contributed by atoms with Crippen molar-refractivity contribution >= 4 is 5.91 Å². The summed E-state index contributed by atoms with van der Waals surface area (Å²) in [7, 11) is 0. The lowest BCUT2D eigenvalue weighted by Crippen LogP contribution is -2.36. The fraction of sp³-hybridized carbons (Fsp3) is 0.571. The van der Waals surface area contributed by atoms with Crippen LogP contribution in [0.15, 0.2) is 18.2 Å². The molecule has 1 unspecified atom stereocenters. The van der Waals surface area contributed by atoms with Gasteiger partial charge in [0, 0.05) is 24.9 Å². The molecule has 0 bridgehead atoms. The SMILES string of the molecule is Cc1cccc(C(=O)N2CCCC2CCCO)n1. The number of nitrogens with zero attached hydrogens (tertiary/aromatic N) is 2. The van der Waals surface area contributed by atoms with Crippen LogP contribution < -0.4 is 0 Å². The Balaban J connectivity index is 2.08. The highest BCUT2D eigenvalue weighted by Crippen LogP contribution is 2.23. The van der Waals surface area contributed by atoms with Crippen molar-refractivity contribution in [2.45, 2.75) is 38.6 Å². The summed E-state index contributed by atoms with van der Waals surface area (Å²) < 4.78 is 0. The Hall–Kier alpha value is -1.42. The van der Waals surface area contributed by atoms with E-state index < -0.39 is 0 Å². The minimum atomic E-state index is 0.0270. The van der Waals surface area contributed by atoms with Crippen LogP contribution in [0.4, 0.5) is 0 Å². The molecule has 2 heterocycles. The predicted molar refractivity (Wildman–Crippen MR) is 69.4 cm³/mol. The van der Waals surface area contributed by atoms with E-state index in [-0.39, 0.29) is 18.6 Å². The van der Waals surface area contributed by atoms with Crippen LogP contribution in [0, 0.1) is 6.92 Å². The van der Waals surface area contributed by atoms with Gasteiger partial charge in [-0.05, 0) is 44.7 Å². The molecule has 2 rings (SSSR count). The first kappa shape index (κ1) is 13.0. The summed E-state index contributed by atoms with van der Waals surface area (Å²) in [6.07, 6.45) is 3.73. The summed E-state index contributed by atoms with van der Waals surface area (Å²) in [6, 6.07) is 5.81. The lowest BCUT2D eigenvalue weighted by Gasteiger charge is -2.24. The second-order valence-electron chi connectivity index (χ2n) is 4.82. The number of aryl methyl sites for hydroxylation is 1. The number of hydrogen-bond acceptors (Lipinski definition) is 3. The third kappa shape index (κ3) is 2.88. The molecule has 18 heavy (non-hydrogen) atoms. The molecule has 1 fully saturated rings. The molecule has 0 spiro atoms. The number of likely N-dealkylation sites (tertiary alicyclic amines) is 1. The second-order valence-corrected chi connectivity index (χ2v) is 4.82. The zero-order valence-electron chi connectivity index (χ0n) is 10.8. The Morgan fingerprint density at radius 1 is 1.56 bits per heavy atom. The van der Waals surface area contributed by atoms with Gasteiger partial charge < -0.3 is 10.0 Å². The number of carbonyl (C=O) groups is 1. The van der Waals surface area contributed by atoms with E-state index in [1.54, 1.807) is 6.07 Å². The Bertz CT molecular complexity index is 420. The van der Waals surface area contributed by atoms with Crippen LogP contribution in [0.2, 0.25) is 0 Å². The number of aliphatic hydroxyl groups excluding tert-OH is 1. The van der Waals surface area contributed by atoms with Gasteiger partial charge in [-0.1, -0.05) is 6.07 Å². The second kappa shape index (κ2) is 5.96. The maximum absolute atomic E-state index is 12.4. The molecule has 0 saturated carbocycles. The average Bonchev–Trinajstić information content (AvgIpc) is 2.83. The van der Waals surface area contributed by atoms with Gasteiger partial charge in [-0.2, -0.15) is 0 Å². The van der Waals surface area contributed by atoms with E-state index in [0.29, 0.717) is 5.69 Å². The van der Waals surface area contributed by atoms with Crippen molar-refractivity contribution in [3.8, 4) is 0 Å². The maximum Gasteiger partial charge on any atom is 0.272 e. The van der Waals surface area contributed by atoms with E-state index in [9.17, 15) is 4.79 Å². The van der Waals surface area contributed by atoms with E-state index in [1.165, 1.54) is 0 Å². The van der Waals surface area contributed by atoms with Crippen LogP contribution >= 0.6 is 0 Å². The van der Waals surface area contributed by atoms with Crippen LogP contribution in [-0.2, 0) is 0 Å². The van der Waals surface area contributed by atoms with E-state index in [4.69, 9.17) is 5.11 Å². The standard InChI is InChI=1S/C14H20N2O2/c1-11-5-2-8-13(15-11)14(18)16-9-3-6-12(16)7-4-10-17/h2,5,8,12,17H,3-4,6-7,9-10H2,1H3. The summed E-state index contributed by atoms with van der Waals surface area (Å²) in [4.78, 5) is 18.6. The topological polar surface area (TPSA) is 53.4 Å². The van der Waals surface area contributed by atoms with Crippen LogP contribution in [0.5, 0.6) is 0 Å².